The summed E-state index contributed by atoms with van der Waals surface area (Å²) in [5.41, 5.74) is 1.16. The molecule has 0 saturated carbocycles. The molecule has 0 aliphatic heterocycles. The monoisotopic (exact) mass is 546 g/mol. The molecule has 0 radical (unpaired) electrons. The average Bonchev–Trinajstić information content (AvgIpc) is 2.86. The number of methoxy groups -OCH3 is 1. The Morgan fingerprint density at radius 1 is 0.972 bits per heavy atom. The van der Waals surface area contributed by atoms with Crippen LogP contribution in [0.25, 0.3) is 6.08 Å². The molecule has 2 amide bonds. The van der Waals surface area contributed by atoms with E-state index >= 15 is 0 Å². The van der Waals surface area contributed by atoms with Gasteiger partial charge in [0.15, 0.2) is 0 Å². The van der Waals surface area contributed by atoms with Crippen LogP contribution < -0.4 is 15.4 Å². The number of rotatable bonds is 9. The van der Waals surface area contributed by atoms with Gasteiger partial charge in [-0.3, -0.25) is 9.59 Å². The van der Waals surface area contributed by atoms with Crippen molar-refractivity contribution in [2.45, 2.75) is 12.5 Å². The second-order valence-electron chi connectivity index (χ2n) is 7.61. The van der Waals surface area contributed by atoms with Gasteiger partial charge in [0, 0.05) is 17.0 Å². The number of hydrogen-bond acceptors (Lipinski definition) is 4. The number of carboxylic acid groups (broad SMARTS) is 1. The molecule has 0 aliphatic rings. The standard InChI is InChI=1S/C26H21Cl3N2O5/c1-36-19-4-2-3-17(14-19)24(32)30-22(13-16-7-10-20(28)21(29)11-16)25(33)31-23(26(34)35)12-15-5-8-18(27)9-6-15/h2-11,13-14,23H,12H2,1H3,(H,30,32)(H,31,33)(H,34,35)/b22-13+. The third kappa shape index (κ3) is 7.49. The van der Waals surface area contributed by atoms with Gasteiger partial charge in [0.1, 0.15) is 17.5 Å². The van der Waals surface area contributed by atoms with Crippen LogP contribution >= 0.6 is 34.8 Å². The molecule has 0 fully saturated rings. The number of halogens is 3. The Morgan fingerprint density at radius 2 is 1.69 bits per heavy atom. The van der Waals surface area contributed by atoms with Crippen LogP contribution in [0, 0.1) is 0 Å². The van der Waals surface area contributed by atoms with E-state index in [0.29, 0.717) is 26.9 Å². The summed E-state index contributed by atoms with van der Waals surface area (Å²) in [5, 5.41) is 15.8. The Labute approximate surface area is 222 Å². The number of carboxylic acids is 1. The number of aliphatic carboxylic acids is 1. The van der Waals surface area contributed by atoms with E-state index in [1.54, 1.807) is 48.5 Å². The maximum absolute atomic E-state index is 13.2. The van der Waals surface area contributed by atoms with Crippen molar-refractivity contribution in [2.24, 2.45) is 0 Å². The second kappa shape index (κ2) is 12.4. The minimum absolute atomic E-state index is 0.00211. The van der Waals surface area contributed by atoms with Crippen molar-refractivity contribution >= 4 is 58.7 Å². The van der Waals surface area contributed by atoms with Crippen LogP contribution in [-0.4, -0.2) is 36.0 Å². The molecule has 3 aromatic rings. The van der Waals surface area contributed by atoms with Crippen molar-refractivity contribution in [1.82, 2.24) is 10.6 Å². The lowest BCUT2D eigenvalue weighted by Gasteiger charge is -2.17. The summed E-state index contributed by atoms with van der Waals surface area (Å²) in [6.07, 6.45) is 1.37. The highest BCUT2D eigenvalue weighted by molar-refractivity contribution is 6.42. The van der Waals surface area contributed by atoms with Crippen molar-refractivity contribution in [1.29, 1.82) is 0 Å². The molecule has 3 aromatic carbocycles. The lowest BCUT2D eigenvalue weighted by molar-refractivity contribution is -0.141. The first-order chi connectivity index (χ1) is 17.2. The number of carbonyl (C=O) groups is 3. The average molecular weight is 548 g/mol. The number of amides is 2. The molecule has 1 unspecified atom stereocenters. The molecule has 7 nitrogen and oxygen atoms in total. The predicted molar refractivity (Wildman–Crippen MR) is 140 cm³/mol. The number of nitrogens with one attached hydrogen (secondary N) is 2. The highest BCUT2D eigenvalue weighted by atomic mass is 35.5. The Balaban J connectivity index is 1.90. The Bertz CT molecular complexity index is 1310. The first-order valence-electron chi connectivity index (χ1n) is 10.6. The Kier molecular flexibility index (Phi) is 9.36. The molecule has 3 rings (SSSR count). The van der Waals surface area contributed by atoms with Gasteiger partial charge < -0.3 is 20.5 Å². The van der Waals surface area contributed by atoms with Gasteiger partial charge in [-0.15, -0.1) is 0 Å². The van der Waals surface area contributed by atoms with Gasteiger partial charge in [0.05, 0.1) is 17.2 Å². The predicted octanol–water partition coefficient (Wildman–Crippen LogP) is 5.24. The van der Waals surface area contributed by atoms with Crippen LogP contribution in [0.3, 0.4) is 0 Å². The summed E-state index contributed by atoms with van der Waals surface area (Å²) in [4.78, 5) is 38.0. The quantitative estimate of drug-likeness (QED) is 0.318. The minimum atomic E-state index is -1.27. The second-order valence-corrected chi connectivity index (χ2v) is 8.86. The number of benzene rings is 3. The van der Waals surface area contributed by atoms with Crippen molar-refractivity contribution in [3.63, 3.8) is 0 Å². The van der Waals surface area contributed by atoms with Gasteiger partial charge in [-0.05, 0) is 59.7 Å². The lowest BCUT2D eigenvalue weighted by Crippen LogP contribution is -2.45. The van der Waals surface area contributed by atoms with Gasteiger partial charge >= 0.3 is 5.97 Å². The first kappa shape index (κ1) is 27.1. The summed E-state index contributed by atoms with van der Waals surface area (Å²) < 4.78 is 5.15. The van der Waals surface area contributed by atoms with Crippen molar-refractivity contribution in [3.8, 4) is 5.75 Å². The maximum Gasteiger partial charge on any atom is 0.326 e. The Hall–Kier alpha value is -3.52. The third-order valence-corrected chi connectivity index (χ3v) is 6.03. The highest BCUT2D eigenvalue weighted by Gasteiger charge is 2.24. The molecule has 0 aromatic heterocycles. The molecular weight excluding hydrogens is 527 g/mol. The summed E-state index contributed by atoms with van der Waals surface area (Å²) in [7, 11) is 1.47. The van der Waals surface area contributed by atoms with E-state index in [2.05, 4.69) is 10.6 Å². The fourth-order valence-electron chi connectivity index (χ4n) is 3.18. The minimum Gasteiger partial charge on any atom is -0.497 e. The number of ether oxygens (including phenoxy) is 1. The number of carbonyl (C=O) groups excluding carboxylic acids is 2. The van der Waals surface area contributed by atoms with Gasteiger partial charge in [0.25, 0.3) is 11.8 Å². The highest BCUT2D eigenvalue weighted by Crippen LogP contribution is 2.24. The van der Waals surface area contributed by atoms with Crippen molar-refractivity contribution < 1.29 is 24.2 Å². The van der Waals surface area contributed by atoms with E-state index in [9.17, 15) is 19.5 Å². The van der Waals surface area contributed by atoms with Crippen LogP contribution in [0.4, 0.5) is 0 Å². The summed E-state index contributed by atoms with van der Waals surface area (Å²) in [6, 6.07) is 16.3. The van der Waals surface area contributed by atoms with Gasteiger partial charge in [-0.25, -0.2) is 4.79 Å². The van der Waals surface area contributed by atoms with E-state index in [1.165, 1.54) is 31.4 Å². The molecular formula is C26H21Cl3N2O5. The molecule has 186 valence electrons. The lowest BCUT2D eigenvalue weighted by atomic mass is 10.1. The zero-order valence-electron chi connectivity index (χ0n) is 18.9. The molecule has 36 heavy (non-hydrogen) atoms. The SMILES string of the molecule is COc1cccc(C(=O)N/C(=C/c2ccc(Cl)c(Cl)c2)C(=O)NC(Cc2ccc(Cl)cc2)C(=O)O)c1. The topological polar surface area (TPSA) is 105 Å². The summed E-state index contributed by atoms with van der Waals surface area (Å²) in [5.74, 6) is -2.19. The largest absolute Gasteiger partial charge is 0.497 e. The molecule has 0 bridgehead atoms. The fraction of sp³-hybridized carbons (Fsp3) is 0.115. The van der Waals surface area contributed by atoms with Gasteiger partial charge in [0.2, 0.25) is 0 Å². The zero-order valence-corrected chi connectivity index (χ0v) is 21.2. The summed E-state index contributed by atoms with van der Waals surface area (Å²) in [6.45, 7) is 0. The van der Waals surface area contributed by atoms with Crippen molar-refractivity contribution in [3.05, 3.63) is 104 Å². The third-order valence-electron chi connectivity index (χ3n) is 5.04. The van der Waals surface area contributed by atoms with E-state index < -0.39 is 23.8 Å². The van der Waals surface area contributed by atoms with Gasteiger partial charge in [-0.2, -0.15) is 0 Å². The van der Waals surface area contributed by atoms with Gasteiger partial charge in [-0.1, -0.05) is 59.1 Å². The summed E-state index contributed by atoms with van der Waals surface area (Å²) >= 11 is 18.0. The molecule has 0 heterocycles. The van der Waals surface area contributed by atoms with Crippen LogP contribution in [0.15, 0.2) is 72.4 Å². The molecule has 0 spiro atoms. The van der Waals surface area contributed by atoms with Crippen LogP contribution in [0.1, 0.15) is 21.5 Å². The smallest absolute Gasteiger partial charge is 0.326 e. The number of hydrogen-bond donors (Lipinski definition) is 3. The van der Waals surface area contributed by atoms with Crippen LogP contribution in [0.2, 0.25) is 15.1 Å². The Morgan fingerprint density at radius 3 is 2.33 bits per heavy atom. The van der Waals surface area contributed by atoms with E-state index in [1.807, 2.05) is 0 Å². The van der Waals surface area contributed by atoms with E-state index in [-0.39, 0.29) is 22.7 Å². The van der Waals surface area contributed by atoms with Crippen LogP contribution in [-0.2, 0) is 16.0 Å². The zero-order chi connectivity index (χ0) is 26.2. The van der Waals surface area contributed by atoms with Crippen molar-refractivity contribution in [2.75, 3.05) is 7.11 Å². The van der Waals surface area contributed by atoms with Crippen LogP contribution in [0.5, 0.6) is 5.75 Å². The fourth-order valence-corrected chi connectivity index (χ4v) is 3.61. The molecule has 1 atom stereocenters. The van der Waals surface area contributed by atoms with E-state index in [4.69, 9.17) is 39.5 Å². The molecule has 0 saturated heterocycles. The maximum atomic E-state index is 13.2. The van der Waals surface area contributed by atoms with E-state index in [0.717, 1.165) is 0 Å². The molecule has 3 N–H and O–H groups in total. The first-order valence-corrected chi connectivity index (χ1v) is 11.7. The molecule has 0 aliphatic carbocycles. The normalized spacial score (nSPS) is 11.9. The molecule has 10 heteroatoms.